The monoisotopic (exact) mass is 449 g/mol. The second-order valence-corrected chi connectivity index (χ2v) is 9.13. The summed E-state index contributed by atoms with van der Waals surface area (Å²) in [5.41, 5.74) is 3.59. The maximum atomic E-state index is 14.8. The van der Waals surface area contributed by atoms with E-state index in [4.69, 9.17) is 9.72 Å². The largest absolute Gasteiger partial charge is 0.493 e. The highest BCUT2D eigenvalue weighted by molar-refractivity contribution is 5.84. The van der Waals surface area contributed by atoms with E-state index in [0.717, 1.165) is 35.0 Å². The first-order chi connectivity index (χ1) is 16.2. The molecule has 0 radical (unpaired) electrons. The van der Waals surface area contributed by atoms with Crippen LogP contribution in [-0.2, 0) is 6.42 Å². The van der Waals surface area contributed by atoms with Crippen molar-refractivity contribution >= 4 is 10.9 Å². The van der Waals surface area contributed by atoms with Crippen LogP contribution in [-0.4, -0.2) is 11.6 Å². The maximum absolute atomic E-state index is 14.8. The fourth-order valence-corrected chi connectivity index (χ4v) is 4.28. The lowest BCUT2D eigenvalue weighted by Crippen LogP contribution is -1.98. The third-order valence-corrected chi connectivity index (χ3v) is 6.30. The highest BCUT2D eigenvalue weighted by atomic mass is 19.1. The molecule has 0 N–H and O–H groups in total. The first kappa shape index (κ1) is 25.2. The van der Waals surface area contributed by atoms with Gasteiger partial charge in [-0.25, -0.2) is 4.39 Å². The molecular formula is C30H40FNO. The molecule has 178 valence electrons. The van der Waals surface area contributed by atoms with Gasteiger partial charge in [-0.2, -0.15) is 0 Å². The quantitative estimate of drug-likeness (QED) is 0.216. The summed E-state index contributed by atoms with van der Waals surface area (Å²) in [6, 6.07) is 15.4. The Morgan fingerprint density at radius 2 is 1.45 bits per heavy atom. The van der Waals surface area contributed by atoms with Crippen molar-refractivity contribution in [1.82, 2.24) is 4.98 Å². The van der Waals surface area contributed by atoms with Crippen LogP contribution < -0.4 is 4.74 Å². The van der Waals surface area contributed by atoms with E-state index in [0.29, 0.717) is 17.9 Å². The van der Waals surface area contributed by atoms with Gasteiger partial charge in [0.25, 0.3) is 0 Å². The first-order valence-corrected chi connectivity index (χ1v) is 13.0. The molecule has 33 heavy (non-hydrogen) atoms. The summed E-state index contributed by atoms with van der Waals surface area (Å²) in [4.78, 5) is 4.82. The van der Waals surface area contributed by atoms with Crippen LogP contribution in [0.4, 0.5) is 4.39 Å². The molecule has 2 aromatic carbocycles. The number of hydrogen-bond donors (Lipinski definition) is 0. The van der Waals surface area contributed by atoms with Gasteiger partial charge in [-0.3, -0.25) is 4.98 Å². The summed E-state index contributed by atoms with van der Waals surface area (Å²) in [5.74, 6) is 0.363. The van der Waals surface area contributed by atoms with Gasteiger partial charge in [0.2, 0.25) is 0 Å². The molecule has 1 heterocycles. The fraction of sp³-hybridized carbons (Fsp3) is 0.500. The molecule has 3 aromatic rings. The van der Waals surface area contributed by atoms with E-state index in [1.165, 1.54) is 70.3 Å². The summed E-state index contributed by atoms with van der Waals surface area (Å²) < 4.78 is 20.6. The minimum atomic E-state index is -0.244. The molecule has 0 bridgehead atoms. The molecule has 0 atom stereocenters. The van der Waals surface area contributed by atoms with Gasteiger partial charge in [-0.1, -0.05) is 83.8 Å². The predicted octanol–water partition coefficient (Wildman–Crippen LogP) is 9.29. The third-order valence-electron chi connectivity index (χ3n) is 6.30. The molecule has 0 fully saturated rings. The number of rotatable bonds is 15. The molecular weight excluding hydrogens is 409 g/mol. The highest BCUT2D eigenvalue weighted by Gasteiger charge is 2.09. The van der Waals surface area contributed by atoms with Crippen molar-refractivity contribution in [3.8, 4) is 16.9 Å². The van der Waals surface area contributed by atoms with Gasteiger partial charge in [-0.05, 0) is 55.2 Å². The zero-order valence-electron chi connectivity index (χ0n) is 20.5. The van der Waals surface area contributed by atoms with Crippen molar-refractivity contribution in [2.24, 2.45) is 0 Å². The standard InChI is InChI=1S/C30H40FNO/c1-3-5-7-9-11-13-21-33-27-18-19-28(29(31)23-27)24-16-20-30-25(22-24)15-17-26(32-30)14-12-10-8-6-4-2/h15-20,22-23H,3-14,21H2,1-2H3. The van der Waals surface area contributed by atoms with Gasteiger partial charge >= 0.3 is 0 Å². The van der Waals surface area contributed by atoms with E-state index in [1.807, 2.05) is 30.3 Å². The van der Waals surface area contributed by atoms with Crippen molar-refractivity contribution in [2.45, 2.75) is 90.9 Å². The Morgan fingerprint density at radius 1 is 0.727 bits per heavy atom. The Hall–Kier alpha value is -2.42. The lowest BCUT2D eigenvalue weighted by molar-refractivity contribution is 0.303. The Bertz CT molecular complexity index is 984. The lowest BCUT2D eigenvalue weighted by Gasteiger charge is -2.10. The van der Waals surface area contributed by atoms with Crippen molar-refractivity contribution in [1.29, 1.82) is 0 Å². The van der Waals surface area contributed by atoms with Crippen LogP contribution in [0.2, 0.25) is 0 Å². The molecule has 0 amide bonds. The van der Waals surface area contributed by atoms with Gasteiger partial charge in [0.05, 0.1) is 12.1 Å². The molecule has 3 rings (SSSR count). The number of fused-ring (bicyclic) bond motifs is 1. The molecule has 0 saturated heterocycles. The molecule has 0 aliphatic carbocycles. The number of aromatic nitrogens is 1. The van der Waals surface area contributed by atoms with Crippen LogP contribution in [0.1, 0.15) is 90.2 Å². The average molecular weight is 450 g/mol. The van der Waals surface area contributed by atoms with Crippen LogP contribution in [0.15, 0.2) is 48.5 Å². The highest BCUT2D eigenvalue weighted by Crippen LogP contribution is 2.29. The van der Waals surface area contributed by atoms with Crippen molar-refractivity contribution in [2.75, 3.05) is 6.61 Å². The predicted molar refractivity (Wildman–Crippen MR) is 138 cm³/mol. The maximum Gasteiger partial charge on any atom is 0.134 e. The SMILES string of the molecule is CCCCCCCCOc1ccc(-c2ccc3nc(CCCCCCC)ccc3c2)c(F)c1. The van der Waals surface area contributed by atoms with Gasteiger partial charge in [0.1, 0.15) is 11.6 Å². The number of hydrogen-bond acceptors (Lipinski definition) is 2. The minimum absolute atomic E-state index is 0.244. The lowest BCUT2D eigenvalue weighted by atomic mass is 10.0. The van der Waals surface area contributed by atoms with Gasteiger partial charge in [0, 0.05) is 22.7 Å². The summed E-state index contributed by atoms with van der Waals surface area (Å²) >= 11 is 0. The van der Waals surface area contributed by atoms with E-state index in [9.17, 15) is 4.39 Å². The second-order valence-electron chi connectivity index (χ2n) is 9.13. The van der Waals surface area contributed by atoms with E-state index in [2.05, 4.69) is 26.0 Å². The Balaban J connectivity index is 1.56. The van der Waals surface area contributed by atoms with Crippen LogP contribution in [0, 0.1) is 5.82 Å². The molecule has 3 heteroatoms. The molecule has 2 nitrogen and oxygen atoms in total. The van der Waals surface area contributed by atoms with E-state index in [1.54, 1.807) is 0 Å². The molecule has 0 aliphatic rings. The van der Waals surface area contributed by atoms with Crippen LogP contribution in [0.5, 0.6) is 5.75 Å². The number of ether oxygens (including phenoxy) is 1. The molecule has 0 unspecified atom stereocenters. The van der Waals surface area contributed by atoms with Crippen molar-refractivity contribution in [3.05, 3.63) is 60.0 Å². The van der Waals surface area contributed by atoms with Gasteiger partial charge < -0.3 is 4.74 Å². The number of benzene rings is 2. The van der Waals surface area contributed by atoms with Crippen molar-refractivity contribution in [3.63, 3.8) is 0 Å². The Kier molecular flexibility index (Phi) is 10.7. The van der Waals surface area contributed by atoms with E-state index >= 15 is 0 Å². The van der Waals surface area contributed by atoms with Crippen LogP contribution in [0.3, 0.4) is 0 Å². The summed E-state index contributed by atoms with van der Waals surface area (Å²) in [5, 5.41) is 1.05. The number of unbranched alkanes of at least 4 members (excludes halogenated alkanes) is 9. The first-order valence-electron chi connectivity index (χ1n) is 13.0. The fourth-order valence-electron chi connectivity index (χ4n) is 4.28. The average Bonchev–Trinajstić information content (AvgIpc) is 2.83. The van der Waals surface area contributed by atoms with Gasteiger partial charge in [-0.15, -0.1) is 0 Å². The van der Waals surface area contributed by atoms with Crippen LogP contribution >= 0.6 is 0 Å². The summed E-state index contributed by atoms with van der Waals surface area (Å²) in [6.07, 6.45) is 14.7. The molecule has 1 aromatic heterocycles. The summed E-state index contributed by atoms with van der Waals surface area (Å²) in [6.45, 7) is 5.11. The number of nitrogens with zero attached hydrogens (tertiary/aromatic N) is 1. The molecule has 0 saturated carbocycles. The molecule has 0 spiro atoms. The van der Waals surface area contributed by atoms with Gasteiger partial charge in [0.15, 0.2) is 0 Å². The Morgan fingerprint density at radius 3 is 2.21 bits per heavy atom. The number of pyridine rings is 1. The third kappa shape index (κ3) is 8.14. The zero-order valence-corrected chi connectivity index (χ0v) is 20.5. The zero-order chi connectivity index (χ0) is 23.3. The van der Waals surface area contributed by atoms with E-state index in [-0.39, 0.29) is 5.82 Å². The smallest absolute Gasteiger partial charge is 0.134 e. The Labute approximate surface area is 199 Å². The number of aryl methyl sites for hydroxylation is 1. The topological polar surface area (TPSA) is 22.1 Å². The minimum Gasteiger partial charge on any atom is -0.493 e. The van der Waals surface area contributed by atoms with Crippen molar-refractivity contribution < 1.29 is 9.13 Å². The normalized spacial score (nSPS) is 11.2. The molecule has 0 aliphatic heterocycles. The number of halogens is 1. The van der Waals surface area contributed by atoms with E-state index < -0.39 is 0 Å². The van der Waals surface area contributed by atoms with Crippen LogP contribution in [0.25, 0.3) is 22.0 Å². The summed E-state index contributed by atoms with van der Waals surface area (Å²) in [7, 11) is 0. The second kappa shape index (κ2) is 14.0.